The molecule has 8 nitrogen and oxygen atoms in total. The van der Waals surface area contributed by atoms with E-state index < -0.39 is 50.1 Å². The summed E-state index contributed by atoms with van der Waals surface area (Å²) in [7, 11) is -0.844. The van der Waals surface area contributed by atoms with Gasteiger partial charge >= 0.3 is 23.9 Å². The molecule has 0 heterocycles. The fourth-order valence-electron chi connectivity index (χ4n) is 4.11. The largest absolute Gasteiger partial charge is 0.458 e. The molecule has 4 rings (SSSR count). The lowest BCUT2D eigenvalue weighted by molar-refractivity contribution is -0.179. The van der Waals surface area contributed by atoms with Gasteiger partial charge in [-0.2, -0.15) is 0 Å². The quantitative estimate of drug-likeness (QED) is 0.130. The number of hydrogen-bond donors (Lipinski definition) is 0. The number of benzene rings is 4. The zero-order valence-corrected chi connectivity index (χ0v) is 25.5. The smallest absolute Gasteiger partial charge is 0.348 e. The van der Waals surface area contributed by atoms with E-state index in [9.17, 15) is 19.2 Å². The van der Waals surface area contributed by atoms with Gasteiger partial charge in [-0.05, 0) is 62.3 Å². The molecule has 4 aromatic carbocycles. The molecule has 0 amide bonds. The summed E-state index contributed by atoms with van der Waals surface area (Å²) in [4.78, 5) is 50.0. The fraction of sp³-hybridized carbons (Fsp3) is 0.200. The van der Waals surface area contributed by atoms with Crippen molar-refractivity contribution >= 4 is 47.7 Å². The minimum absolute atomic E-state index is 0.0270. The maximum atomic E-state index is 12.8. The number of carbonyl (C=O) groups excluding carboxylic acids is 4. The van der Waals surface area contributed by atoms with Crippen LogP contribution in [0.1, 0.15) is 36.7 Å². The first-order valence-corrected chi connectivity index (χ1v) is 15.4. The van der Waals surface area contributed by atoms with Gasteiger partial charge in [-0.25, -0.2) is 19.2 Å². The molecule has 0 radical (unpaired) electrons. The van der Waals surface area contributed by atoms with Crippen LogP contribution in [0.2, 0.25) is 0 Å². The maximum Gasteiger partial charge on any atom is 0.348 e. The molecule has 0 fully saturated rings. The van der Waals surface area contributed by atoms with E-state index in [4.69, 9.17) is 18.9 Å². The van der Waals surface area contributed by atoms with Crippen molar-refractivity contribution in [1.29, 1.82) is 0 Å². The third-order valence-corrected chi connectivity index (χ3v) is 8.92. The topological polar surface area (TPSA) is 105 Å². The van der Waals surface area contributed by atoms with Crippen LogP contribution in [-0.4, -0.2) is 42.2 Å². The molecule has 0 N–H and O–H groups in total. The first-order chi connectivity index (χ1) is 21.2. The van der Waals surface area contributed by atoms with E-state index in [2.05, 4.69) is 24.3 Å². The van der Waals surface area contributed by atoms with E-state index in [0.29, 0.717) is 0 Å². The Bertz CT molecular complexity index is 1500. The summed E-state index contributed by atoms with van der Waals surface area (Å²) in [6.45, 7) is 4.03. The van der Waals surface area contributed by atoms with E-state index in [1.54, 1.807) is 24.3 Å². The maximum absolute atomic E-state index is 12.8. The Kier molecular flexibility index (Phi) is 11.4. The van der Waals surface area contributed by atoms with Crippen molar-refractivity contribution in [2.75, 3.05) is 0 Å². The summed E-state index contributed by atoms with van der Waals surface area (Å²) < 4.78 is 20.7. The summed E-state index contributed by atoms with van der Waals surface area (Å²) >= 11 is 0. The molecule has 0 saturated carbocycles. The van der Waals surface area contributed by atoms with Crippen LogP contribution in [0.5, 0.6) is 0 Å². The van der Waals surface area contributed by atoms with E-state index in [-0.39, 0.29) is 12.2 Å². The molecule has 3 atom stereocenters. The van der Waals surface area contributed by atoms with Crippen molar-refractivity contribution in [3.8, 4) is 0 Å². The Morgan fingerprint density at radius 3 is 1.43 bits per heavy atom. The summed E-state index contributed by atoms with van der Waals surface area (Å²) in [6, 6.07) is 36.4. The molecular formula is C35H33O8P. The van der Waals surface area contributed by atoms with Crippen LogP contribution in [0.4, 0.5) is 0 Å². The standard InChI is InChI=1S/C35H33O8P/c1-24(32(36)40-23-27-13-7-4-8-14-27)41-33(37)25(2)42-34(38)26(3)43-35(39)28-19-21-31(22-20-28)44(29-15-9-5-10-16-29)30-17-11-6-12-18-30/h4-22,24-26H,23H2,1-3H3. The van der Waals surface area contributed by atoms with Gasteiger partial charge in [-0.15, -0.1) is 0 Å². The Hall–Kier alpha value is -4.81. The van der Waals surface area contributed by atoms with Gasteiger partial charge in [-0.1, -0.05) is 103 Å². The molecule has 0 bridgehead atoms. The van der Waals surface area contributed by atoms with E-state index in [1.807, 2.05) is 66.7 Å². The van der Waals surface area contributed by atoms with Crippen molar-refractivity contribution < 1.29 is 38.1 Å². The molecule has 9 heteroatoms. The Labute approximate surface area is 257 Å². The van der Waals surface area contributed by atoms with Crippen LogP contribution < -0.4 is 15.9 Å². The highest BCUT2D eigenvalue weighted by Gasteiger charge is 2.29. The van der Waals surface area contributed by atoms with Crippen molar-refractivity contribution in [2.45, 2.75) is 45.7 Å². The van der Waals surface area contributed by atoms with Crippen molar-refractivity contribution in [2.24, 2.45) is 0 Å². The number of hydrogen-bond acceptors (Lipinski definition) is 8. The van der Waals surface area contributed by atoms with Gasteiger partial charge in [0.2, 0.25) is 0 Å². The van der Waals surface area contributed by atoms with Gasteiger partial charge in [0.15, 0.2) is 18.3 Å². The molecule has 0 aliphatic heterocycles. The van der Waals surface area contributed by atoms with Crippen LogP contribution in [0.25, 0.3) is 0 Å². The first-order valence-electron chi connectivity index (χ1n) is 14.1. The highest BCUT2D eigenvalue weighted by atomic mass is 31.1. The number of carbonyl (C=O) groups is 4. The van der Waals surface area contributed by atoms with Crippen LogP contribution in [-0.2, 0) is 39.9 Å². The lowest BCUT2D eigenvalue weighted by atomic mass is 10.2. The van der Waals surface area contributed by atoms with Gasteiger partial charge < -0.3 is 18.9 Å². The number of rotatable bonds is 12. The molecule has 226 valence electrons. The predicted molar refractivity (Wildman–Crippen MR) is 167 cm³/mol. The van der Waals surface area contributed by atoms with Crippen LogP contribution in [0.3, 0.4) is 0 Å². The third kappa shape index (κ3) is 8.85. The normalized spacial score (nSPS) is 12.8. The summed E-state index contributed by atoms with van der Waals surface area (Å²) in [5.41, 5.74) is 1.05. The lowest BCUT2D eigenvalue weighted by Crippen LogP contribution is -2.36. The number of esters is 4. The minimum Gasteiger partial charge on any atom is -0.458 e. The highest BCUT2D eigenvalue weighted by Crippen LogP contribution is 2.32. The molecule has 0 saturated heterocycles. The first kappa shape index (κ1) is 32.1. The van der Waals surface area contributed by atoms with Gasteiger partial charge in [0.05, 0.1) is 5.56 Å². The minimum atomic E-state index is -1.34. The summed E-state index contributed by atoms with van der Waals surface area (Å²) in [5, 5.41) is 3.39. The zero-order chi connectivity index (χ0) is 31.5. The van der Waals surface area contributed by atoms with Crippen LogP contribution in [0, 0.1) is 0 Å². The van der Waals surface area contributed by atoms with Gasteiger partial charge in [0.25, 0.3) is 0 Å². The highest BCUT2D eigenvalue weighted by molar-refractivity contribution is 7.79. The monoisotopic (exact) mass is 612 g/mol. The van der Waals surface area contributed by atoms with Crippen LogP contribution >= 0.6 is 7.92 Å². The second-order valence-corrected chi connectivity index (χ2v) is 12.1. The Morgan fingerprint density at radius 1 is 0.523 bits per heavy atom. The van der Waals surface area contributed by atoms with E-state index in [0.717, 1.165) is 10.9 Å². The molecule has 3 unspecified atom stereocenters. The third-order valence-electron chi connectivity index (χ3n) is 6.48. The summed E-state index contributed by atoms with van der Waals surface area (Å²) in [6.07, 6.45) is -3.85. The van der Waals surface area contributed by atoms with Crippen molar-refractivity contribution in [3.63, 3.8) is 0 Å². The molecule has 0 spiro atoms. The lowest BCUT2D eigenvalue weighted by Gasteiger charge is -2.20. The Balaban J connectivity index is 1.29. The van der Waals surface area contributed by atoms with Gasteiger partial charge in [0, 0.05) is 0 Å². The van der Waals surface area contributed by atoms with E-state index >= 15 is 0 Å². The van der Waals surface area contributed by atoms with E-state index in [1.165, 1.54) is 31.4 Å². The molecule has 4 aromatic rings. The molecule has 44 heavy (non-hydrogen) atoms. The summed E-state index contributed by atoms with van der Waals surface area (Å²) in [5.74, 6) is -3.33. The molecule has 0 aliphatic rings. The molecule has 0 aliphatic carbocycles. The average Bonchev–Trinajstić information content (AvgIpc) is 3.05. The SMILES string of the molecule is CC(OC(=O)c1ccc(P(c2ccccc2)c2ccccc2)cc1)C(=O)OC(C)C(=O)OC(C)C(=O)OCc1ccccc1. The van der Waals surface area contributed by atoms with Gasteiger partial charge in [0.1, 0.15) is 6.61 Å². The number of ether oxygens (including phenoxy) is 4. The van der Waals surface area contributed by atoms with Crippen molar-refractivity contribution in [3.05, 3.63) is 126 Å². The second kappa shape index (κ2) is 15.6. The van der Waals surface area contributed by atoms with Gasteiger partial charge in [-0.3, -0.25) is 0 Å². The Morgan fingerprint density at radius 2 is 0.932 bits per heavy atom. The zero-order valence-electron chi connectivity index (χ0n) is 24.6. The fourth-order valence-corrected chi connectivity index (χ4v) is 6.39. The average molecular weight is 613 g/mol. The van der Waals surface area contributed by atoms with Crippen LogP contribution in [0.15, 0.2) is 115 Å². The second-order valence-electron chi connectivity index (χ2n) is 9.85. The van der Waals surface area contributed by atoms with Crippen molar-refractivity contribution in [1.82, 2.24) is 0 Å². The molecular weight excluding hydrogens is 579 g/mol. The molecule has 0 aromatic heterocycles. The predicted octanol–water partition coefficient (Wildman–Crippen LogP) is 4.60.